The number of aromatic nitrogens is 1. The molecule has 0 aliphatic heterocycles. The monoisotopic (exact) mass is 414 g/mol. The fourth-order valence-corrected chi connectivity index (χ4v) is 2.89. The minimum absolute atomic E-state index is 0.148. The summed E-state index contributed by atoms with van der Waals surface area (Å²) in [5, 5.41) is 9.28. The van der Waals surface area contributed by atoms with Crippen LogP contribution in [0.2, 0.25) is 0 Å². The van der Waals surface area contributed by atoms with E-state index in [0.29, 0.717) is 5.69 Å². The first-order chi connectivity index (χ1) is 12.5. The molecule has 0 saturated carbocycles. The van der Waals surface area contributed by atoms with Gasteiger partial charge in [-0.3, -0.25) is 4.79 Å². The van der Waals surface area contributed by atoms with E-state index >= 15 is 0 Å². The molecule has 3 aromatic rings. The van der Waals surface area contributed by atoms with Gasteiger partial charge in [0.15, 0.2) is 0 Å². The number of fused-ring (bicyclic) bond motifs is 1. The summed E-state index contributed by atoms with van der Waals surface area (Å²) in [6.45, 7) is 0.249. The van der Waals surface area contributed by atoms with Gasteiger partial charge in [-0.15, -0.1) is 0 Å². The number of hydrogen-bond donors (Lipinski definition) is 3. The van der Waals surface area contributed by atoms with Gasteiger partial charge in [0, 0.05) is 47.3 Å². The van der Waals surface area contributed by atoms with Gasteiger partial charge in [0.1, 0.15) is 0 Å². The normalized spacial score (nSPS) is 10.5. The van der Waals surface area contributed by atoms with E-state index < -0.39 is 0 Å². The van der Waals surface area contributed by atoms with Crippen molar-refractivity contribution >= 4 is 50.1 Å². The van der Waals surface area contributed by atoms with Gasteiger partial charge in [-0.25, -0.2) is 4.79 Å². The molecule has 1 heterocycles. The van der Waals surface area contributed by atoms with Gasteiger partial charge in [0.2, 0.25) is 5.91 Å². The van der Waals surface area contributed by atoms with Crippen molar-refractivity contribution in [2.75, 3.05) is 17.2 Å². The van der Waals surface area contributed by atoms with Gasteiger partial charge in [0.05, 0.1) is 5.69 Å². The first-order valence-corrected chi connectivity index (χ1v) is 8.96. The van der Waals surface area contributed by atoms with E-state index in [2.05, 4.69) is 31.9 Å². The van der Waals surface area contributed by atoms with Crippen molar-refractivity contribution in [3.8, 4) is 0 Å². The number of hydrogen-bond acceptors (Lipinski definition) is 2. The van der Waals surface area contributed by atoms with Crippen molar-refractivity contribution in [1.29, 1.82) is 0 Å². The van der Waals surface area contributed by atoms with Crippen molar-refractivity contribution < 1.29 is 9.59 Å². The Bertz CT molecular complexity index is 934. The summed E-state index contributed by atoms with van der Waals surface area (Å²) in [7, 11) is 1.96. The Labute approximate surface area is 159 Å². The highest BCUT2D eigenvalue weighted by atomic mass is 79.9. The van der Waals surface area contributed by atoms with Crippen LogP contribution in [0.1, 0.15) is 6.42 Å². The first-order valence-electron chi connectivity index (χ1n) is 8.17. The number of nitrogens with zero attached hydrogens (tertiary/aromatic N) is 1. The Hall–Kier alpha value is -2.80. The maximum atomic E-state index is 12.1. The van der Waals surface area contributed by atoms with Gasteiger partial charge >= 0.3 is 6.03 Å². The van der Waals surface area contributed by atoms with Crippen LogP contribution in [0.25, 0.3) is 10.9 Å². The summed E-state index contributed by atoms with van der Waals surface area (Å²) >= 11 is 3.34. The molecule has 0 radical (unpaired) electrons. The molecule has 0 aliphatic carbocycles. The molecular weight excluding hydrogens is 396 g/mol. The lowest BCUT2D eigenvalue weighted by Gasteiger charge is -2.09. The molecule has 7 heteroatoms. The molecule has 0 aliphatic rings. The van der Waals surface area contributed by atoms with Gasteiger partial charge in [-0.05, 0) is 42.5 Å². The lowest BCUT2D eigenvalue weighted by molar-refractivity contribution is -0.116. The number of anilines is 2. The molecule has 0 spiro atoms. The standard InChI is InChI=1S/C19H19BrN4O2/c1-24-12-10-15-16(3-2-4-17(15)24)23-18(25)9-11-21-19(26)22-14-7-5-13(20)6-8-14/h2-8,10,12H,9,11H2,1H3,(H,23,25)(H2,21,22,26). The van der Waals surface area contributed by atoms with Crippen molar-refractivity contribution in [2.45, 2.75) is 6.42 Å². The van der Waals surface area contributed by atoms with E-state index in [-0.39, 0.29) is 24.9 Å². The second-order valence-electron chi connectivity index (χ2n) is 5.85. The number of carbonyl (C=O) groups is 2. The zero-order valence-corrected chi connectivity index (χ0v) is 15.8. The van der Waals surface area contributed by atoms with E-state index in [0.717, 1.165) is 21.1 Å². The highest BCUT2D eigenvalue weighted by Gasteiger charge is 2.08. The van der Waals surface area contributed by atoms with Crippen LogP contribution >= 0.6 is 15.9 Å². The molecule has 0 atom stereocenters. The van der Waals surface area contributed by atoms with E-state index in [9.17, 15) is 9.59 Å². The number of carbonyl (C=O) groups excluding carboxylic acids is 2. The summed E-state index contributed by atoms with van der Waals surface area (Å²) in [6, 6.07) is 14.7. The predicted octanol–water partition coefficient (Wildman–Crippen LogP) is 4.09. The zero-order chi connectivity index (χ0) is 18.5. The fraction of sp³-hybridized carbons (Fsp3) is 0.158. The predicted molar refractivity (Wildman–Crippen MR) is 107 cm³/mol. The first kappa shape index (κ1) is 18.0. The maximum absolute atomic E-state index is 12.1. The minimum Gasteiger partial charge on any atom is -0.350 e. The molecule has 1 aromatic heterocycles. The largest absolute Gasteiger partial charge is 0.350 e. The summed E-state index contributed by atoms with van der Waals surface area (Å²) in [5.74, 6) is -0.148. The second-order valence-corrected chi connectivity index (χ2v) is 6.77. The SMILES string of the molecule is Cn1ccc2c(NC(=O)CCNC(=O)Nc3ccc(Br)cc3)cccc21. The molecule has 3 N–H and O–H groups in total. The van der Waals surface area contributed by atoms with Crippen LogP contribution in [0, 0.1) is 0 Å². The molecule has 26 heavy (non-hydrogen) atoms. The Morgan fingerprint density at radius 2 is 1.81 bits per heavy atom. The van der Waals surface area contributed by atoms with Crippen LogP contribution < -0.4 is 16.0 Å². The number of aryl methyl sites for hydroxylation is 1. The highest BCUT2D eigenvalue weighted by molar-refractivity contribution is 9.10. The van der Waals surface area contributed by atoms with E-state index in [1.807, 2.05) is 54.2 Å². The number of halogens is 1. The van der Waals surface area contributed by atoms with Crippen LogP contribution in [0.5, 0.6) is 0 Å². The van der Waals surface area contributed by atoms with Crippen LogP contribution in [-0.2, 0) is 11.8 Å². The van der Waals surface area contributed by atoms with Crippen LogP contribution in [0.15, 0.2) is 59.2 Å². The molecule has 6 nitrogen and oxygen atoms in total. The van der Waals surface area contributed by atoms with Crippen molar-refractivity contribution in [2.24, 2.45) is 7.05 Å². The molecule has 2 aromatic carbocycles. The molecule has 3 rings (SSSR count). The third-order valence-electron chi connectivity index (χ3n) is 3.94. The Balaban J connectivity index is 1.48. The minimum atomic E-state index is -0.342. The smallest absolute Gasteiger partial charge is 0.319 e. The van der Waals surface area contributed by atoms with Gasteiger partial charge in [0.25, 0.3) is 0 Å². The molecule has 0 bridgehead atoms. The molecule has 3 amide bonds. The Morgan fingerprint density at radius 1 is 1.04 bits per heavy atom. The third kappa shape index (κ3) is 4.43. The number of rotatable bonds is 5. The summed E-state index contributed by atoms with van der Waals surface area (Å²) < 4.78 is 2.94. The van der Waals surface area contributed by atoms with Crippen LogP contribution in [-0.4, -0.2) is 23.1 Å². The molecule has 0 saturated heterocycles. The lowest BCUT2D eigenvalue weighted by atomic mass is 10.2. The Morgan fingerprint density at radius 3 is 2.58 bits per heavy atom. The lowest BCUT2D eigenvalue weighted by Crippen LogP contribution is -2.31. The van der Waals surface area contributed by atoms with Crippen molar-refractivity contribution in [3.05, 3.63) is 59.2 Å². The average molecular weight is 415 g/mol. The summed E-state index contributed by atoms with van der Waals surface area (Å²) in [5.41, 5.74) is 2.51. The van der Waals surface area contributed by atoms with Gasteiger partial charge in [-0.2, -0.15) is 0 Å². The zero-order valence-electron chi connectivity index (χ0n) is 14.3. The van der Waals surface area contributed by atoms with E-state index in [1.54, 1.807) is 12.1 Å². The van der Waals surface area contributed by atoms with Crippen LogP contribution in [0.3, 0.4) is 0 Å². The fourth-order valence-electron chi connectivity index (χ4n) is 2.62. The number of nitrogens with one attached hydrogen (secondary N) is 3. The summed E-state index contributed by atoms with van der Waals surface area (Å²) in [4.78, 5) is 24.0. The van der Waals surface area contributed by atoms with E-state index in [1.165, 1.54) is 0 Å². The van der Waals surface area contributed by atoms with Crippen LogP contribution in [0.4, 0.5) is 16.2 Å². The molecule has 0 fully saturated rings. The average Bonchev–Trinajstić information content (AvgIpc) is 2.99. The molecule has 0 unspecified atom stereocenters. The van der Waals surface area contributed by atoms with Gasteiger partial charge < -0.3 is 20.5 Å². The second kappa shape index (κ2) is 8.05. The maximum Gasteiger partial charge on any atom is 0.319 e. The quantitative estimate of drug-likeness (QED) is 0.587. The van der Waals surface area contributed by atoms with Crippen molar-refractivity contribution in [1.82, 2.24) is 9.88 Å². The highest BCUT2D eigenvalue weighted by Crippen LogP contribution is 2.23. The number of benzene rings is 2. The van der Waals surface area contributed by atoms with E-state index in [4.69, 9.17) is 0 Å². The topological polar surface area (TPSA) is 75.2 Å². The molecular formula is C19H19BrN4O2. The number of amides is 3. The van der Waals surface area contributed by atoms with Gasteiger partial charge in [-0.1, -0.05) is 22.0 Å². The Kier molecular flexibility index (Phi) is 5.58. The number of urea groups is 1. The third-order valence-corrected chi connectivity index (χ3v) is 4.47. The summed E-state index contributed by atoms with van der Waals surface area (Å²) in [6.07, 6.45) is 2.14. The molecule has 134 valence electrons. The van der Waals surface area contributed by atoms with Crippen molar-refractivity contribution in [3.63, 3.8) is 0 Å².